The van der Waals surface area contributed by atoms with Gasteiger partial charge in [-0.2, -0.15) is 0 Å². The van der Waals surface area contributed by atoms with Gasteiger partial charge in [-0.15, -0.1) is 0 Å². The van der Waals surface area contributed by atoms with Crippen molar-refractivity contribution in [3.8, 4) is 0 Å². The van der Waals surface area contributed by atoms with E-state index in [1.807, 2.05) is 0 Å². The van der Waals surface area contributed by atoms with Gasteiger partial charge in [-0.1, -0.05) is 0 Å². The second-order valence-electron chi connectivity index (χ2n) is 2.90. The van der Waals surface area contributed by atoms with Crippen LogP contribution in [0.3, 0.4) is 0 Å². The first-order valence-corrected chi connectivity index (χ1v) is 5.35. The lowest BCUT2D eigenvalue weighted by molar-refractivity contribution is -0.127. The van der Waals surface area contributed by atoms with Gasteiger partial charge in [0.1, 0.15) is 11.6 Å². The number of hydrogen-bond donors (Lipinski definition) is 0. The number of benzene rings is 1. The zero-order chi connectivity index (χ0) is 14.5. The number of carbonyl (C=O) groups excluding carboxylic acids is 3. The summed E-state index contributed by atoms with van der Waals surface area (Å²) in [5, 5.41) is -3.20. The standard InChI is InChI=1S/C8H5ClF2O.C2Cl2O2/c1-4-2-5(8(9)12)7(11)3-6(4)10;3-1(5)2(4)6/h2-3H,1H3;. The van der Waals surface area contributed by atoms with Gasteiger partial charge in [-0.3, -0.25) is 14.4 Å². The van der Waals surface area contributed by atoms with E-state index < -0.39 is 27.4 Å². The summed E-state index contributed by atoms with van der Waals surface area (Å²) in [6.45, 7) is 1.43. The van der Waals surface area contributed by atoms with Gasteiger partial charge < -0.3 is 0 Å². The molecule has 1 aromatic carbocycles. The molecule has 0 N–H and O–H groups in total. The minimum atomic E-state index is -1.14. The van der Waals surface area contributed by atoms with Gasteiger partial charge in [-0.05, 0) is 53.4 Å². The van der Waals surface area contributed by atoms with Gasteiger partial charge in [-0.25, -0.2) is 8.78 Å². The van der Waals surface area contributed by atoms with E-state index in [0.29, 0.717) is 6.07 Å². The highest BCUT2D eigenvalue weighted by atomic mass is 35.5. The normalized spacial score (nSPS) is 9.22. The number of carbonyl (C=O) groups is 3. The Bertz CT molecular complexity index is 491. The summed E-state index contributed by atoms with van der Waals surface area (Å²) in [4.78, 5) is 29.4. The summed E-state index contributed by atoms with van der Waals surface area (Å²) in [6, 6.07) is 1.73. The van der Waals surface area contributed by atoms with E-state index in [0.717, 1.165) is 6.07 Å². The zero-order valence-electron chi connectivity index (χ0n) is 8.77. The van der Waals surface area contributed by atoms with Gasteiger partial charge in [0.25, 0.3) is 5.24 Å². The Hall–Kier alpha value is -1.04. The lowest BCUT2D eigenvalue weighted by Gasteiger charge is -1.99. The van der Waals surface area contributed by atoms with Crippen LogP contribution in [0.25, 0.3) is 0 Å². The quantitative estimate of drug-likeness (QED) is 0.622. The van der Waals surface area contributed by atoms with Crippen molar-refractivity contribution < 1.29 is 23.2 Å². The average molecular weight is 318 g/mol. The van der Waals surface area contributed by atoms with Crippen molar-refractivity contribution >= 4 is 50.5 Å². The minimum absolute atomic E-state index is 0.195. The molecule has 0 atom stereocenters. The fourth-order valence-corrected chi connectivity index (χ4v) is 0.953. The van der Waals surface area contributed by atoms with Crippen molar-refractivity contribution in [2.75, 3.05) is 0 Å². The molecule has 0 bridgehead atoms. The molecule has 0 aromatic heterocycles. The highest BCUT2D eigenvalue weighted by Gasteiger charge is 2.11. The van der Waals surface area contributed by atoms with Gasteiger partial charge >= 0.3 is 10.5 Å². The highest BCUT2D eigenvalue weighted by Crippen LogP contribution is 2.15. The summed E-state index contributed by atoms with van der Waals surface area (Å²) >= 11 is 14.0. The van der Waals surface area contributed by atoms with Gasteiger partial charge in [0.05, 0.1) is 5.56 Å². The Morgan fingerprint density at radius 2 is 1.39 bits per heavy atom. The second kappa shape index (κ2) is 7.41. The van der Waals surface area contributed by atoms with Crippen LogP contribution >= 0.6 is 34.8 Å². The minimum Gasteiger partial charge on any atom is -0.275 e. The fourth-order valence-electron chi connectivity index (χ4n) is 0.808. The van der Waals surface area contributed by atoms with E-state index in [9.17, 15) is 23.2 Å². The number of halogens is 5. The predicted molar refractivity (Wildman–Crippen MR) is 63.0 cm³/mol. The molecule has 0 fully saturated rings. The summed E-state index contributed by atoms with van der Waals surface area (Å²) < 4.78 is 25.4. The molecule has 8 heteroatoms. The molecule has 0 radical (unpaired) electrons. The van der Waals surface area contributed by atoms with E-state index in [1.54, 1.807) is 0 Å². The van der Waals surface area contributed by atoms with E-state index in [-0.39, 0.29) is 11.1 Å². The Morgan fingerprint density at radius 3 is 1.72 bits per heavy atom. The molecule has 1 rings (SSSR count). The molecule has 98 valence electrons. The predicted octanol–water partition coefficient (Wildman–Crippen LogP) is 3.17. The van der Waals surface area contributed by atoms with Crippen LogP contribution in [0.2, 0.25) is 0 Å². The van der Waals surface area contributed by atoms with Crippen LogP contribution in [0, 0.1) is 18.6 Å². The molecule has 0 heterocycles. The second-order valence-corrected chi connectivity index (χ2v) is 3.93. The maximum absolute atomic E-state index is 12.7. The summed E-state index contributed by atoms with van der Waals surface area (Å²) in [7, 11) is 0. The molecular formula is C10H5Cl3F2O3. The van der Waals surface area contributed by atoms with Crippen molar-refractivity contribution in [1.29, 1.82) is 0 Å². The van der Waals surface area contributed by atoms with Crippen LogP contribution in [-0.4, -0.2) is 15.7 Å². The van der Waals surface area contributed by atoms with E-state index >= 15 is 0 Å². The van der Waals surface area contributed by atoms with E-state index in [2.05, 4.69) is 23.2 Å². The first kappa shape index (κ1) is 17.0. The average Bonchev–Trinajstić information content (AvgIpc) is 2.23. The van der Waals surface area contributed by atoms with Crippen LogP contribution in [-0.2, 0) is 9.59 Å². The Morgan fingerprint density at radius 1 is 0.944 bits per heavy atom. The van der Waals surface area contributed by atoms with Crippen molar-refractivity contribution in [3.05, 3.63) is 34.9 Å². The van der Waals surface area contributed by atoms with E-state index in [4.69, 9.17) is 11.6 Å². The van der Waals surface area contributed by atoms with Crippen molar-refractivity contribution in [1.82, 2.24) is 0 Å². The summed E-state index contributed by atoms with van der Waals surface area (Å²) in [5.41, 5.74) is -0.101. The van der Waals surface area contributed by atoms with Crippen LogP contribution in [0.4, 0.5) is 8.78 Å². The van der Waals surface area contributed by atoms with Crippen LogP contribution in [0.15, 0.2) is 12.1 Å². The molecule has 0 spiro atoms. The van der Waals surface area contributed by atoms with Gasteiger partial charge in [0.2, 0.25) is 0 Å². The lowest BCUT2D eigenvalue weighted by atomic mass is 10.1. The third-order valence-corrected chi connectivity index (χ3v) is 2.26. The molecule has 3 nitrogen and oxygen atoms in total. The lowest BCUT2D eigenvalue weighted by Crippen LogP contribution is -1.97. The molecule has 0 saturated heterocycles. The Labute approximate surface area is 116 Å². The molecule has 18 heavy (non-hydrogen) atoms. The molecule has 1 aromatic rings. The topological polar surface area (TPSA) is 51.2 Å². The number of rotatable bonds is 2. The first-order valence-electron chi connectivity index (χ1n) is 4.21. The fraction of sp³-hybridized carbons (Fsp3) is 0.100. The molecular weight excluding hydrogens is 312 g/mol. The molecule has 0 amide bonds. The SMILES string of the molecule is Cc1cc(C(=O)Cl)c(F)cc1F.O=C(Cl)C(=O)Cl. The van der Waals surface area contributed by atoms with Crippen molar-refractivity contribution in [2.24, 2.45) is 0 Å². The van der Waals surface area contributed by atoms with Crippen LogP contribution in [0.5, 0.6) is 0 Å². The maximum atomic E-state index is 12.7. The Kier molecular flexibility index (Phi) is 6.98. The number of hydrogen-bond acceptors (Lipinski definition) is 3. The first-order chi connectivity index (χ1) is 8.16. The molecule has 0 aliphatic carbocycles. The molecule has 0 aliphatic heterocycles. The smallest absolute Gasteiger partial charge is 0.275 e. The van der Waals surface area contributed by atoms with Gasteiger partial charge in [0, 0.05) is 6.07 Å². The van der Waals surface area contributed by atoms with Crippen LogP contribution < -0.4 is 0 Å². The number of aryl methyl sites for hydroxylation is 1. The maximum Gasteiger partial charge on any atom is 0.304 e. The van der Waals surface area contributed by atoms with E-state index in [1.165, 1.54) is 6.92 Å². The monoisotopic (exact) mass is 316 g/mol. The molecule has 0 unspecified atom stereocenters. The Balaban J connectivity index is 0.000000411. The zero-order valence-corrected chi connectivity index (χ0v) is 11.0. The van der Waals surface area contributed by atoms with Gasteiger partial charge in [0.15, 0.2) is 0 Å². The molecule has 0 saturated carbocycles. The third kappa shape index (κ3) is 5.53. The summed E-state index contributed by atoms with van der Waals surface area (Å²) in [6.07, 6.45) is 0. The molecule has 0 aliphatic rings. The van der Waals surface area contributed by atoms with Crippen LogP contribution in [0.1, 0.15) is 15.9 Å². The highest BCUT2D eigenvalue weighted by molar-refractivity contribution is 6.97. The van der Waals surface area contributed by atoms with Crippen molar-refractivity contribution in [2.45, 2.75) is 6.92 Å². The third-order valence-electron chi connectivity index (χ3n) is 1.61. The van der Waals surface area contributed by atoms with Crippen molar-refractivity contribution in [3.63, 3.8) is 0 Å². The summed E-state index contributed by atoms with van der Waals surface area (Å²) in [5.74, 6) is -1.62. The largest absolute Gasteiger partial charge is 0.304 e.